The average Bonchev–Trinajstić information content (AvgIpc) is 2.57. The van der Waals surface area contributed by atoms with Crippen molar-refractivity contribution in [3.8, 4) is 0 Å². The minimum Gasteiger partial charge on any atom is -0.461 e. The molecular weight excluding hydrogens is 340 g/mol. The van der Waals surface area contributed by atoms with Crippen LogP contribution in [0.3, 0.4) is 0 Å². The van der Waals surface area contributed by atoms with Crippen LogP contribution < -0.4 is 4.57 Å². The van der Waals surface area contributed by atoms with Crippen molar-refractivity contribution in [2.24, 2.45) is 4.40 Å². The fraction of sp³-hybridized carbons (Fsp3) is 0.278. The summed E-state index contributed by atoms with van der Waals surface area (Å²) in [5.74, 6) is -0.570. The molecule has 1 heterocycles. The summed E-state index contributed by atoms with van der Waals surface area (Å²) in [6, 6.07) is 9.03. The summed E-state index contributed by atoms with van der Waals surface area (Å²) in [6.45, 7) is 5.67. The Kier molecular flexibility index (Phi) is 6.03. The summed E-state index contributed by atoms with van der Waals surface area (Å²) < 4.78 is 35.0. The van der Waals surface area contributed by atoms with Crippen molar-refractivity contribution in [1.82, 2.24) is 0 Å². The van der Waals surface area contributed by atoms with Crippen molar-refractivity contribution in [2.45, 2.75) is 31.7 Å². The zero-order chi connectivity index (χ0) is 18.4. The van der Waals surface area contributed by atoms with Gasteiger partial charge in [0.1, 0.15) is 0 Å². The Labute approximate surface area is 147 Å². The number of ether oxygens (including phenoxy) is 1. The highest BCUT2D eigenvalue weighted by Crippen LogP contribution is 2.13. The first-order valence-corrected chi connectivity index (χ1v) is 9.28. The first kappa shape index (κ1) is 18.8. The topological polar surface area (TPSA) is 76.7 Å². The van der Waals surface area contributed by atoms with Gasteiger partial charge < -0.3 is 4.74 Å². The van der Waals surface area contributed by atoms with E-state index in [0.29, 0.717) is 0 Å². The molecule has 1 aromatic carbocycles. The number of rotatable bonds is 6. The smallest absolute Gasteiger partial charge is 0.382 e. The maximum atomic E-state index is 12.4. The summed E-state index contributed by atoms with van der Waals surface area (Å²) in [5, 5.41) is 0. The largest absolute Gasteiger partial charge is 0.461 e. The van der Waals surface area contributed by atoms with Crippen molar-refractivity contribution in [3.05, 3.63) is 59.9 Å². The molecular formula is C18H21N2O4S+. The Bertz CT molecular complexity index is 857. The maximum Gasteiger partial charge on any atom is 0.382 e. The Morgan fingerprint density at radius 2 is 1.68 bits per heavy atom. The van der Waals surface area contributed by atoms with Gasteiger partial charge in [-0.25, -0.2) is 4.79 Å². The Morgan fingerprint density at radius 1 is 1.12 bits per heavy atom. The zero-order valence-electron chi connectivity index (χ0n) is 14.4. The summed E-state index contributed by atoms with van der Waals surface area (Å²) >= 11 is 0. The molecule has 0 N–H and O–H groups in total. The second-order valence-electron chi connectivity index (χ2n) is 5.56. The summed E-state index contributed by atoms with van der Waals surface area (Å²) in [6.07, 6.45) is 4.46. The van der Waals surface area contributed by atoms with E-state index in [1.54, 1.807) is 36.0 Å². The minimum absolute atomic E-state index is 0.0749. The number of esters is 1. The molecule has 0 aliphatic rings. The van der Waals surface area contributed by atoms with E-state index in [4.69, 9.17) is 4.74 Å². The number of carbonyl (C=O) groups is 1. The number of pyridine rings is 1. The third kappa shape index (κ3) is 4.96. The molecule has 0 radical (unpaired) electrons. The van der Waals surface area contributed by atoms with Crippen LogP contribution in [0.1, 0.15) is 24.1 Å². The molecule has 132 valence electrons. The standard InChI is InChI=1S/C18H21N2O4S/c1-4-24-18(21)17(20-11-9-15(3)10-12-20)13-19-25(22,23)16-7-5-14(2)6-8-16/h5-13,17H,4H2,1-3H3/q+1/t17-/m0/s1. The lowest BCUT2D eigenvalue weighted by atomic mass is 10.2. The first-order chi connectivity index (χ1) is 11.8. The second-order valence-corrected chi connectivity index (χ2v) is 7.19. The monoisotopic (exact) mass is 361 g/mol. The van der Waals surface area contributed by atoms with Gasteiger partial charge in [0.25, 0.3) is 16.1 Å². The summed E-state index contributed by atoms with van der Waals surface area (Å²) in [7, 11) is -3.89. The summed E-state index contributed by atoms with van der Waals surface area (Å²) in [4.78, 5) is 12.3. The van der Waals surface area contributed by atoms with E-state index < -0.39 is 22.0 Å². The van der Waals surface area contributed by atoms with E-state index in [1.165, 1.54) is 12.1 Å². The van der Waals surface area contributed by atoms with Gasteiger partial charge in [-0.15, -0.1) is 0 Å². The highest BCUT2D eigenvalue weighted by molar-refractivity contribution is 7.90. The van der Waals surface area contributed by atoms with Crippen LogP contribution >= 0.6 is 0 Å². The predicted molar refractivity (Wildman–Crippen MR) is 93.9 cm³/mol. The molecule has 25 heavy (non-hydrogen) atoms. The van der Waals surface area contributed by atoms with Crippen molar-refractivity contribution in [3.63, 3.8) is 0 Å². The molecule has 0 saturated carbocycles. The van der Waals surface area contributed by atoms with Crippen LogP contribution in [0.15, 0.2) is 58.1 Å². The molecule has 0 aliphatic carbocycles. The molecule has 2 aromatic rings. The lowest BCUT2D eigenvalue weighted by molar-refractivity contribution is -0.694. The SMILES string of the molecule is CCOC(=O)[C@H](C=NS(=O)(=O)c1ccc(C)cc1)[n+]1ccc(C)cc1. The van der Waals surface area contributed by atoms with Gasteiger partial charge >= 0.3 is 5.97 Å². The van der Waals surface area contributed by atoms with Crippen LogP contribution in [0.4, 0.5) is 0 Å². The number of benzene rings is 1. The maximum absolute atomic E-state index is 12.4. The van der Waals surface area contributed by atoms with E-state index >= 15 is 0 Å². The van der Waals surface area contributed by atoms with Gasteiger partial charge in [-0.2, -0.15) is 17.4 Å². The number of carbonyl (C=O) groups excluding carboxylic acids is 1. The number of aromatic nitrogens is 1. The number of hydrogen-bond acceptors (Lipinski definition) is 4. The van der Waals surface area contributed by atoms with Gasteiger partial charge in [0.2, 0.25) is 0 Å². The average molecular weight is 361 g/mol. The molecule has 0 amide bonds. The van der Waals surface area contributed by atoms with Gasteiger partial charge in [0, 0.05) is 12.1 Å². The fourth-order valence-electron chi connectivity index (χ4n) is 2.09. The molecule has 7 heteroatoms. The van der Waals surface area contributed by atoms with Crippen molar-refractivity contribution >= 4 is 22.2 Å². The zero-order valence-corrected chi connectivity index (χ0v) is 15.2. The van der Waals surface area contributed by atoms with Crippen LogP contribution in [-0.4, -0.2) is 27.2 Å². The molecule has 0 aliphatic heterocycles. The van der Waals surface area contributed by atoms with E-state index in [-0.39, 0.29) is 11.5 Å². The molecule has 0 spiro atoms. The second kappa shape index (κ2) is 8.02. The van der Waals surface area contributed by atoms with Crippen LogP contribution in [0.25, 0.3) is 0 Å². The number of sulfonamides is 1. The van der Waals surface area contributed by atoms with Crippen molar-refractivity contribution < 1.29 is 22.5 Å². The number of hydrogen-bond donors (Lipinski definition) is 0. The van der Waals surface area contributed by atoms with Crippen LogP contribution in [0.2, 0.25) is 0 Å². The quantitative estimate of drug-likeness (QED) is 0.449. The van der Waals surface area contributed by atoms with Gasteiger partial charge in [-0.3, -0.25) is 0 Å². The lowest BCUT2D eigenvalue weighted by Crippen LogP contribution is -2.45. The fourth-order valence-corrected chi connectivity index (χ4v) is 2.97. The highest BCUT2D eigenvalue weighted by atomic mass is 32.2. The van der Waals surface area contributed by atoms with Crippen LogP contribution in [0.5, 0.6) is 0 Å². The van der Waals surface area contributed by atoms with Gasteiger partial charge in [0.05, 0.1) is 17.7 Å². The molecule has 0 unspecified atom stereocenters. The Balaban J connectivity index is 2.34. The molecule has 1 aromatic heterocycles. The van der Waals surface area contributed by atoms with Crippen molar-refractivity contribution in [1.29, 1.82) is 0 Å². The molecule has 1 atom stereocenters. The highest BCUT2D eigenvalue weighted by Gasteiger charge is 2.28. The molecule has 0 fully saturated rings. The van der Waals surface area contributed by atoms with E-state index in [0.717, 1.165) is 17.3 Å². The van der Waals surface area contributed by atoms with Crippen molar-refractivity contribution in [2.75, 3.05) is 6.61 Å². The van der Waals surface area contributed by atoms with E-state index in [2.05, 4.69) is 4.40 Å². The molecule has 2 rings (SSSR count). The first-order valence-electron chi connectivity index (χ1n) is 7.84. The summed E-state index contributed by atoms with van der Waals surface area (Å²) in [5.41, 5.74) is 1.96. The van der Waals surface area contributed by atoms with Gasteiger partial charge in [0.15, 0.2) is 12.4 Å². The molecule has 6 nitrogen and oxygen atoms in total. The predicted octanol–water partition coefficient (Wildman–Crippen LogP) is 2.15. The molecule has 0 saturated heterocycles. The lowest BCUT2D eigenvalue weighted by Gasteiger charge is -2.07. The Hall–Kier alpha value is -2.54. The third-order valence-corrected chi connectivity index (χ3v) is 4.80. The number of aryl methyl sites for hydroxylation is 2. The normalized spacial score (nSPS) is 12.9. The minimum atomic E-state index is -3.89. The number of nitrogens with zero attached hydrogens (tertiary/aromatic N) is 2. The van der Waals surface area contributed by atoms with Crippen LogP contribution in [0, 0.1) is 13.8 Å². The van der Waals surface area contributed by atoms with E-state index in [9.17, 15) is 13.2 Å². The van der Waals surface area contributed by atoms with Crippen LogP contribution in [-0.2, 0) is 19.6 Å². The third-order valence-electron chi connectivity index (χ3n) is 3.53. The van der Waals surface area contributed by atoms with Gasteiger partial charge in [-0.05, 0) is 38.5 Å². The molecule has 0 bridgehead atoms. The van der Waals surface area contributed by atoms with Gasteiger partial charge in [-0.1, -0.05) is 17.7 Å². The van der Waals surface area contributed by atoms with E-state index in [1.807, 2.05) is 26.0 Å². The Morgan fingerprint density at radius 3 is 2.24 bits per heavy atom.